The first-order valence-corrected chi connectivity index (χ1v) is 21.3. The van der Waals surface area contributed by atoms with Gasteiger partial charge >= 0.3 is 6.03 Å². The van der Waals surface area contributed by atoms with Crippen molar-refractivity contribution in [3.8, 4) is 30.0 Å². The Morgan fingerprint density at radius 1 is 0.635 bits per heavy atom. The smallest absolute Gasteiger partial charge is 0.321 e. The fourth-order valence-corrected chi connectivity index (χ4v) is 5.41. The van der Waals surface area contributed by atoms with Crippen LogP contribution in [0.2, 0.25) is 0 Å². The summed E-state index contributed by atoms with van der Waals surface area (Å²) in [6.07, 6.45) is 12.5. The fraction of sp³-hybridized carbons (Fsp3) is 0.500. The molecule has 0 unspecified atom stereocenters. The van der Waals surface area contributed by atoms with Gasteiger partial charge in [0.25, 0.3) is 36.0 Å². The van der Waals surface area contributed by atoms with Crippen LogP contribution in [0.4, 0.5) is 46.4 Å². The Morgan fingerprint density at radius 2 is 1.08 bits per heavy atom. The van der Waals surface area contributed by atoms with Crippen molar-refractivity contribution < 1.29 is 19.1 Å². The molecule has 6 aromatic rings. The quantitative estimate of drug-likeness (QED) is 0.0120. The van der Waals surface area contributed by atoms with Gasteiger partial charge in [-0.05, 0) is 81.6 Å². The number of carbonyl (C=O) groups is 2. The first kappa shape index (κ1) is 55.5. The number of aryl methyl sites for hydroxylation is 1. The van der Waals surface area contributed by atoms with E-state index in [0.717, 1.165) is 76.5 Å². The Morgan fingerprint density at radius 3 is 1.57 bits per heavy atom. The highest BCUT2D eigenvalue weighted by Gasteiger charge is 2.19. The number of azide groups is 4. The Labute approximate surface area is 412 Å². The van der Waals surface area contributed by atoms with E-state index in [1.165, 1.54) is 6.08 Å². The number of ketones is 1. The molecule has 6 heterocycles. The van der Waals surface area contributed by atoms with Crippen LogP contribution in [0.25, 0.3) is 65.6 Å². The number of ether oxygens (including phenoxy) is 1. The number of nitrogens with one attached hydrogen (secondary N) is 2. The Bertz CT molecular complexity index is 3000. The Balaban J connectivity index is 0.000000279. The third-order valence-electron chi connectivity index (χ3n) is 8.58. The first-order chi connectivity index (χ1) is 36.0. The number of carbonyl (C=O) groups excluding carboxylic acids is 3. The van der Waals surface area contributed by atoms with E-state index >= 15 is 0 Å². The summed E-state index contributed by atoms with van der Waals surface area (Å²) in [5.74, 6) is -1.40. The van der Waals surface area contributed by atoms with Gasteiger partial charge in [0.2, 0.25) is 41.8 Å². The van der Waals surface area contributed by atoms with Crippen LogP contribution in [0.3, 0.4) is 0 Å². The summed E-state index contributed by atoms with van der Waals surface area (Å²) in [6, 6.07) is -0.553. The molecule has 382 valence electrons. The van der Waals surface area contributed by atoms with Crippen LogP contribution in [0.5, 0.6) is 0 Å². The molecule has 0 aliphatic heterocycles. The molecule has 6 aromatic heterocycles. The Hall–Kier alpha value is -11.1. The monoisotopic (exact) mass is 1020 g/mol. The Kier molecular flexibility index (Phi) is 22.8. The van der Waals surface area contributed by atoms with Crippen molar-refractivity contribution in [1.29, 1.82) is 5.26 Å². The van der Waals surface area contributed by atoms with Gasteiger partial charge in [0, 0.05) is 39.0 Å². The lowest BCUT2D eigenvalue weighted by molar-refractivity contribution is -0.117. The standard InChI is InChI=1S/C18H24N18O2.C8H12N2O2.C6H4N18/c1-3-12-22-14(29-33-19)35(31-12)16-25-27-17(28-26-16)36-15(30-34-20)23-13(32-36)24-18(38)21-10-8-6-4-5-7-9-11(2)37;9-7-12-6-4-2-1-3-5-10-8-11;7-1-11-3(17-21-9)23(19-1)5-13-15-6(16-14-5)24-4(18-22-10)12-2(8)20-24/h3-10H2,1-2H3,(H2,21,24,32,38);1-6H2;(H2,7,19)(H2,8,20). The molecular formula is C32H40N38O4. The van der Waals surface area contributed by atoms with Crippen LogP contribution in [0.15, 0.2) is 25.4 Å². The predicted octanol–water partition coefficient (Wildman–Crippen LogP) is 3.78. The molecule has 0 bridgehead atoms. The number of nitrogens with zero attached hydrogens (tertiary/aromatic N) is 34. The number of nitrogen functional groups attached to an aromatic ring is 2. The van der Waals surface area contributed by atoms with E-state index in [4.69, 9.17) is 38.9 Å². The molecule has 6 rings (SSSR count). The number of rotatable bonds is 25. The van der Waals surface area contributed by atoms with Crippen LogP contribution < -0.4 is 22.1 Å². The number of hydrogen-bond acceptors (Lipinski definition) is 28. The zero-order valence-corrected chi connectivity index (χ0v) is 38.9. The first-order valence-electron chi connectivity index (χ1n) is 21.3. The average molecular weight is 1020 g/mol. The number of nitriles is 1. The normalized spacial score (nSPS) is 9.91. The molecule has 0 aliphatic rings. The number of nitrogens with two attached hydrogens (primary N) is 2. The van der Waals surface area contributed by atoms with Gasteiger partial charge in [-0.3, -0.25) is 5.32 Å². The molecule has 0 saturated carbocycles. The summed E-state index contributed by atoms with van der Waals surface area (Å²) in [6.45, 7) is 4.88. The van der Waals surface area contributed by atoms with E-state index in [9.17, 15) is 14.4 Å². The van der Waals surface area contributed by atoms with Crippen molar-refractivity contribution in [1.82, 2.24) is 105 Å². The number of unbranched alkanes of at least 4 members (excludes halogenated alkanes) is 7. The van der Waals surface area contributed by atoms with E-state index in [2.05, 4.69) is 142 Å². The van der Waals surface area contributed by atoms with Crippen molar-refractivity contribution in [2.75, 3.05) is 36.5 Å². The molecule has 2 amide bonds. The van der Waals surface area contributed by atoms with Crippen LogP contribution >= 0.6 is 0 Å². The van der Waals surface area contributed by atoms with E-state index in [-0.39, 0.29) is 71.2 Å². The number of anilines is 3. The molecule has 0 atom stereocenters. The minimum atomic E-state index is -0.553. The van der Waals surface area contributed by atoms with Crippen LogP contribution in [-0.4, -0.2) is 137 Å². The second-order valence-corrected chi connectivity index (χ2v) is 13.8. The molecule has 42 heteroatoms. The molecule has 0 fully saturated rings. The predicted molar refractivity (Wildman–Crippen MR) is 247 cm³/mol. The van der Waals surface area contributed by atoms with Gasteiger partial charge in [-0.25, -0.2) is 19.6 Å². The SMILES string of the molecule is CCc1nc(N=[N+]=[N-])n(-c2nnc(-n3nc(NC(=O)NCCCCCCCC(C)=O)nc3N=[N+]=[N-])nn2)n1.N#COCCCCCCN=C=O.[N-]=[N+]=Nc1nc(N)nn1-c1nnc(-n2nc(N)nc2N=[N+]=[N-])nn1. The molecule has 0 spiro atoms. The second-order valence-electron chi connectivity index (χ2n) is 13.8. The van der Waals surface area contributed by atoms with Crippen LogP contribution in [-0.2, 0) is 20.7 Å². The van der Waals surface area contributed by atoms with Gasteiger partial charge in [-0.15, -0.1) is 61.2 Å². The van der Waals surface area contributed by atoms with Crippen LogP contribution in [0, 0.1) is 11.5 Å². The lowest BCUT2D eigenvalue weighted by Gasteiger charge is -2.05. The van der Waals surface area contributed by atoms with Crippen molar-refractivity contribution in [3.63, 3.8) is 0 Å². The highest BCUT2D eigenvalue weighted by Crippen LogP contribution is 2.19. The highest BCUT2D eigenvalue weighted by atomic mass is 16.5. The van der Waals surface area contributed by atoms with Gasteiger partial charge in [0.05, 0.1) is 6.54 Å². The van der Waals surface area contributed by atoms with E-state index in [1.807, 2.05) is 6.92 Å². The molecule has 42 nitrogen and oxygen atoms in total. The minimum absolute atomic E-state index is 0.0956. The summed E-state index contributed by atoms with van der Waals surface area (Å²) in [5.41, 5.74) is 45.4. The lowest BCUT2D eigenvalue weighted by atomic mass is 10.1. The summed E-state index contributed by atoms with van der Waals surface area (Å²) >= 11 is 0. The van der Waals surface area contributed by atoms with Crippen LogP contribution in [0.1, 0.15) is 83.9 Å². The molecule has 0 saturated heterocycles. The van der Waals surface area contributed by atoms with Gasteiger partial charge < -0.3 is 26.3 Å². The van der Waals surface area contributed by atoms with Crippen molar-refractivity contribution in [2.24, 2.45) is 25.4 Å². The third kappa shape index (κ3) is 17.8. The zero-order chi connectivity index (χ0) is 53.5. The van der Waals surface area contributed by atoms with E-state index in [1.54, 1.807) is 13.2 Å². The van der Waals surface area contributed by atoms with Gasteiger partial charge in [0.15, 0.2) is 5.82 Å². The average Bonchev–Trinajstić information content (AvgIpc) is 4.19. The number of isocyanates is 1. The number of amides is 2. The molecule has 0 aliphatic carbocycles. The van der Waals surface area contributed by atoms with Gasteiger partial charge in [-0.2, -0.15) is 38.9 Å². The van der Waals surface area contributed by atoms with E-state index < -0.39 is 6.03 Å². The number of aliphatic imine (C=N–C) groups is 1. The number of aromatic nitrogens is 20. The third-order valence-corrected chi connectivity index (χ3v) is 8.58. The summed E-state index contributed by atoms with van der Waals surface area (Å²) in [7, 11) is 0. The number of Topliss-reactive ketones (excluding diaryl/α,β-unsaturated/α-hetero) is 1. The summed E-state index contributed by atoms with van der Waals surface area (Å²) in [4.78, 5) is 62.0. The molecule has 0 radical (unpaired) electrons. The van der Waals surface area contributed by atoms with Gasteiger partial charge in [0.1, 0.15) is 12.4 Å². The molecule has 74 heavy (non-hydrogen) atoms. The van der Waals surface area contributed by atoms with E-state index in [0.29, 0.717) is 38.4 Å². The maximum absolute atomic E-state index is 12.2. The van der Waals surface area contributed by atoms with Gasteiger partial charge in [-0.1, -0.05) is 32.6 Å². The molecule has 0 aromatic carbocycles. The number of urea groups is 1. The molecular weight excluding hydrogens is 981 g/mol. The zero-order valence-electron chi connectivity index (χ0n) is 38.9. The summed E-state index contributed by atoms with van der Waals surface area (Å²) in [5, 5.41) is 72.7. The van der Waals surface area contributed by atoms with Crippen molar-refractivity contribution in [3.05, 3.63) is 47.6 Å². The maximum atomic E-state index is 12.2. The molecule has 6 N–H and O–H groups in total. The fourth-order valence-electron chi connectivity index (χ4n) is 5.41. The number of hydrogen-bond donors (Lipinski definition) is 4. The highest BCUT2D eigenvalue weighted by molar-refractivity contribution is 5.87. The summed E-state index contributed by atoms with van der Waals surface area (Å²) < 4.78 is 8.36. The van der Waals surface area contributed by atoms with Crippen molar-refractivity contribution >= 4 is 59.5 Å². The van der Waals surface area contributed by atoms with Crippen molar-refractivity contribution in [2.45, 2.75) is 84.5 Å². The minimum Gasteiger partial charge on any atom is -0.428 e. The second kappa shape index (κ2) is 30.4. The topological polar surface area (TPSA) is 594 Å². The lowest BCUT2D eigenvalue weighted by Crippen LogP contribution is -2.30. The maximum Gasteiger partial charge on any atom is 0.321 e. The largest absolute Gasteiger partial charge is 0.428 e.